The smallest absolute Gasteiger partial charge is 0.338 e. The zero-order chi connectivity index (χ0) is 16.3. The molecule has 1 N–H and O–H groups in total. The van der Waals surface area contributed by atoms with Crippen molar-refractivity contribution < 1.29 is 14.6 Å². The van der Waals surface area contributed by atoms with E-state index in [4.69, 9.17) is 4.74 Å². The average molecular weight is 320 g/mol. The van der Waals surface area contributed by atoms with Crippen LogP contribution < -0.4 is 0 Å². The molecule has 0 radical (unpaired) electrons. The molecular formula is C16H20N2O3S. The van der Waals surface area contributed by atoms with Crippen LogP contribution in [0.15, 0.2) is 40.5 Å². The fourth-order valence-corrected chi connectivity index (χ4v) is 3.11. The Morgan fingerprint density at radius 2 is 2.05 bits per heavy atom. The van der Waals surface area contributed by atoms with E-state index in [0.29, 0.717) is 17.9 Å². The van der Waals surface area contributed by atoms with Crippen molar-refractivity contribution in [2.24, 2.45) is 4.99 Å². The minimum atomic E-state index is -0.353. The van der Waals surface area contributed by atoms with Gasteiger partial charge in [0.15, 0.2) is 5.17 Å². The van der Waals surface area contributed by atoms with Crippen molar-refractivity contribution in [3.05, 3.63) is 41.1 Å². The molecule has 0 bridgehead atoms. The SMILES string of the molecule is CCOC(=O)C1=C(C)N=C(SC)N(C)C1c1ccc(O)cc1. The second kappa shape index (κ2) is 6.87. The lowest BCUT2D eigenvalue weighted by Gasteiger charge is -2.35. The van der Waals surface area contributed by atoms with Crippen LogP contribution in [-0.2, 0) is 9.53 Å². The highest BCUT2D eigenvalue weighted by molar-refractivity contribution is 8.13. The molecule has 0 saturated heterocycles. The molecule has 1 aromatic carbocycles. The molecule has 0 saturated carbocycles. The van der Waals surface area contributed by atoms with Gasteiger partial charge in [-0.05, 0) is 37.8 Å². The minimum Gasteiger partial charge on any atom is -0.508 e. The van der Waals surface area contributed by atoms with Crippen LogP contribution in [0.4, 0.5) is 0 Å². The maximum atomic E-state index is 12.4. The number of nitrogens with zero attached hydrogens (tertiary/aromatic N) is 2. The Balaban J connectivity index is 2.53. The van der Waals surface area contributed by atoms with Crippen LogP contribution in [-0.4, -0.2) is 41.1 Å². The van der Waals surface area contributed by atoms with Crippen molar-refractivity contribution >= 4 is 22.9 Å². The molecule has 1 aromatic rings. The molecule has 1 heterocycles. The molecule has 22 heavy (non-hydrogen) atoms. The number of ether oxygens (including phenoxy) is 1. The first-order chi connectivity index (χ1) is 10.5. The number of aliphatic imine (C=N–C) groups is 1. The number of hydrogen-bond donors (Lipinski definition) is 1. The highest BCUT2D eigenvalue weighted by Gasteiger charge is 2.34. The van der Waals surface area contributed by atoms with Crippen molar-refractivity contribution in [3.63, 3.8) is 0 Å². The van der Waals surface area contributed by atoms with Gasteiger partial charge in [-0.15, -0.1) is 0 Å². The number of carbonyl (C=O) groups excluding carboxylic acids is 1. The van der Waals surface area contributed by atoms with Gasteiger partial charge in [-0.2, -0.15) is 0 Å². The predicted octanol–water partition coefficient (Wildman–Crippen LogP) is 2.93. The molecule has 118 valence electrons. The van der Waals surface area contributed by atoms with Crippen molar-refractivity contribution in [2.45, 2.75) is 19.9 Å². The van der Waals surface area contributed by atoms with Crippen LogP contribution in [0, 0.1) is 0 Å². The van der Waals surface area contributed by atoms with Gasteiger partial charge in [0.1, 0.15) is 5.75 Å². The molecule has 0 spiro atoms. The number of esters is 1. The van der Waals surface area contributed by atoms with E-state index >= 15 is 0 Å². The number of likely N-dealkylation sites (N-methyl/N-ethyl adjacent to an activating group) is 1. The van der Waals surface area contributed by atoms with E-state index in [2.05, 4.69) is 4.99 Å². The summed E-state index contributed by atoms with van der Waals surface area (Å²) in [5.74, 6) is -0.159. The lowest BCUT2D eigenvalue weighted by atomic mass is 9.95. The number of amidine groups is 1. The fourth-order valence-electron chi connectivity index (χ4n) is 2.49. The number of carbonyl (C=O) groups is 1. The Morgan fingerprint density at radius 1 is 1.41 bits per heavy atom. The monoisotopic (exact) mass is 320 g/mol. The van der Waals surface area contributed by atoms with Gasteiger partial charge in [0, 0.05) is 7.05 Å². The first-order valence-corrected chi connectivity index (χ1v) is 8.24. The van der Waals surface area contributed by atoms with E-state index in [1.54, 1.807) is 19.1 Å². The first-order valence-electron chi connectivity index (χ1n) is 7.01. The van der Waals surface area contributed by atoms with Crippen molar-refractivity contribution in [2.75, 3.05) is 19.9 Å². The largest absolute Gasteiger partial charge is 0.508 e. The van der Waals surface area contributed by atoms with Crippen LogP contribution in [0.2, 0.25) is 0 Å². The number of phenols is 1. The summed E-state index contributed by atoms with van der Waals surface area (Å²) < 4.78 is 5.20. The highest BCUT2D eigenvalue weighted by Crippen LogP contribution is 2.36. The van der Waals surface area contributed by atoms with Gasteiger partial charge in [-0.1, -0.05) is 23.9 Å². The lowest BCUT2D eigenvalue weighted by Crippen LogP contribution is -2.36. The van der Waals surface area contributed by atoms with Crippen LogP contribution in [0.1, 0.15) is 25.5 Å². The Bertz CT molecular complexity index is 623. The predicted molar refractivity (Wildman–Crippen MR) is 88.9 cm³/mol. The molecule has 0 aliphatic carbocycles. The molecule has 1 atom stereocenters. The van der Waals surface area contributed by atoms with Gasteiger partial charge < -0.3 is 14.7 Å². The second-order valence-electron chi connectivity index (χ2n) is 4.92. The number of aromatic hydroxyl groups is 1. The Morgan fingerprint density at radius 3 is 2.59 bits per heavy atom. The second-order valence-corrected chi connectivity index (χ2v) is 5.70. The minimum absolute atomic E-state index is 0.194. The molecule has 1 unspecified atom stereocenters. The summed E-state index contributed by atoms with van der Waals surface area (Å²) in [5.41, 5.74) is 2.11. The van der Waals surface area contributed by atoms with Crippen LogP contribution in [0.3, 0.4) is 0 Å². The zero-order valence-electron chi connectivity index (χ0n) is 13.2. The molecule has 0 fully saturated rings. The Hall–Kier alpha value is -1.95. The zero-order valence-corrected chi connectivity index (χ0v) is 14.0. The number of phenolic OH excluding ortho intramolecular Hbond substituents is 1. The summed E-state index contributed by atoms with van der Waals surface area (Å²) in [6.07, 6.45) is 1.95. The van der Waals surface area contributed by atoms with Crippen molar-refractivity contribution in [3.8, 4) is 5.75 Å². The van der Waals surface area contributed by atoms with Gasteiger partial charge >= 0.3 is 5.97 Å². The Labute approximate surface area is 134 Å². The summed E-state index contributed by atoms with van der Waals surface area (Å²) in [4.78, 5) is 18.8. The Kier molecular flexibility index (Phi) is 5.13. The third-order valence-electron chi connectivity index (χ3n) is 3.50. The number of benzene rings is 1. The van der Waals surface area contributed by atoms with E-state index in [0.717, 1.165) is 10.7 Å². The van der Waals surface area contributed by atoms with E-state index in [1.807, 2.05) is 37.3 Å². The van der Waals surface area contributed by atoms with Gasteiger partial charge in [0.05, 0.1) is 23.9 Å². The topological polar surface area (TPSA) is 62.1 Å². The van der Waals surface area contributed by atoms with E-state index in [1.165, 1.54) is 11.8 Å². The third-order valence-corrected chi connectivity index (χ3v) is 4.25. The third kappa shape index (κ3) is 3.11. The normalized spacial score (nSPS) is 18.3. The molecule has 6 heteroatoms. The van der Waals surface area contributed by atoms with E-state index in [-0.39, 0.29) is 17.8 Å². The maximum absolute atomic E-state index is 12.4. The number of rotatable bonds is 3. The molecule has 0 amide bonds. The van der Waals surface area contributed by atoms with Gasteiger partial charge in [-0.3, -0.25) is 0 Å². The molecule has 1 aliphatic rings. The quantitative estimate of drug-likeness (QED) is 0.868. The van der Waals surface area contributed by atoms with Crippen LogP contribution in [0.5, 0.6) is 5.75 Å². The van der Waals surface area contributed by atoms with Crippen molar-refractivity contribution in [1.82, 2.24) is 4.90 Å². The molecule has 2 rings (SSSR count). The van der Waals surface area contributed by atoms with Gasteiger partial charge in [0.2, 0.25) is 0 Å². The summed E-state index contributed by atoms with van der Waals surface area (Å²) in [7, 11) is 1.90. The first kappa shape index (κ1) is 16.4. The van der Waals surface area contributed by atoms with E-state index < -0.39 is 0 Å². The molecule has 1 aliphatic heterocycles. The van der Waals surface area contributed by atoms with Gasteiger partial charge in [0.25, 0.3) is 0 Å². The average Bonchev–Trinajstić information content (AvgIpc) is 2.50. The van der Waals surface area contributed by atoms with Crippen LogP contribution >= 0.6 is 11.8 Å². The molecular weight excluding hydrogens is 300 g/mol. The molecule has 5 nitrogen and oxygen atoms in total. The summed E-state index contributed by atoms with van der Waals surface area (Å²) >= 11 is 1.53. The fraction of sp³-hybridized carbons (Fsp3) is 0.375. The summed E-state index contributed by atoms with van der Waals surface area (Å²) in [6, 6.07) is 6.58. The standard InChI is InChI=1S/C16H20N2O3S/c1-5-21-15(20)13-10(2)17-16(22-4)18(3)14(13)11-6-8-12(19)9-7-11/h6-9,14,19H,5H2,1-4H3. The van der Waals surface area contributed by atoms with Crippen LogP contribution in [0.25, 0.3) is 0 Å². The number of thioether (sulfide) groups is 1. The highest BCUT2D eigenvalue weighted by atomic mass is 32.2. The van der Waals surface area contributed by atoms with Crippen molar-refractivity contribution in [1.29, 1.82) is 0 Å². The van der Waals surface area contributed by atoms with Gasteiger partial charge in [-0.25, -0.2) is 9.79 Å². The molecule has 0 aromatic heterocycles. The maximum Gasteiger partial charge on any atom is 0.338 e. The lowest BCUT2D eigenvalue weighted by molar-refractivity contribution is -0.139. The summed E-state index contributed by atoms with van der Waals surface area (Å²) in [5, 5.41) is 10.3. The number of hydrogen-bond acceptors (Lipinski definition) is 6. The van der Waals surface area contributed by atoms with E-state index in [9.17, 15) is 9.90 Å². The summed E-state index contributed by atoms with van der Waals surface area (Å²) in [6.45, 7) is 3.93. The number of allylic oxidation sites excluding steroid dienone is 1.